The number of fused-ring (bicyclic) bond motifs is 5. The second-order valence-corrected chi connectivity index (χ2v) is 9.14. The van der Waals surface area contributed by atoms with Crippen LogP contribution < -0.4 is 0 Å². The van der Waals surface area contributed by atoms with Crippen LogP contribution in [0.15, 0.2) is 0 Å². The van der Waals surface area contributed by atoms with Crippen LogP contribution in [-0.2, 0) is 4.79 Å². The molecule has 3 nitrogen and oxygen atoms in total. The molecular formula is C19H30O3. The van der Waals surface area contributed by atoms with E-state index < -0.39 is 0 Å². The Hall–Kier alpha value is -0.410. The third-order valence-electron chi connectivity index (χ3n) is 8.36. The van der Waals surface area contributed by atoms with Crippen molar-refractivity contribution >= 4 is 5.78 Å². The van der Waals surface area contributed by atoms with Gasteiger partial charge in [0.1, 0.15) is 5.78 Å². The molecule has 4 fully saturated rings. The summed E-state index contributed by atoms with van der Waals surface area (Å²) >= 11 is 0. The zero-order valence-corrected chi connectivity index (χ0v) is 13.9. The van der Waals surface area contributed by atoms with E-state index in [1.807, 2.05) is 0 Å². The van der Waals surface area contributed by atoms with Crippen LogP contribution in [-0.4, -0.2) is 28.2 Å². The molecule has 22 heavy (non-hydrogen) atoms. The lowest BCUT2D eigenvalue weighted by Gasteiger charge is -2.61. The van der Waals surface area contributed by atoms with E-state index in [9.17, 15) is 15.0 Å². The molecule has 3 heteroatoms. The number of aliphatic hydroxyl groups excluding tert-OH is 2. The van der Waals surface area contributed by atoms with Crippen LogP contribution in [0.1, 0.15) is 65.2 Å². The number of ketones is 1. The molecule has 0 heterocycles. The number of Topliss-reactive ketones (excluding diaryl/α,β-unsaturated/α-hetero) is 1. The van der Waals surface area contributed by atoms with E-state index in [0.717, 1.165) is 51.4 Å². The van der Waals surface area contributed by atoms with Crippen molar-refractivity contribution in [2.75, 3.05) is 0 Å². The van der Waals surface area contributed by atoms with Crippen LogP contribution in [0.3, 0.4) is 0 Å². The van der Waals surface area contributed by atoms with E-state index in [2.05, 4.69) is 13.8 Å². The summed E-state index contributed by atoms with van der Waals surface area (Å²) in [5, 5.41) is 20.9. The molecule has 4 rings (SSSR count). The highest BCUT2D eigenvalue weighted by Gasteiger charge is 2.62. The minimum absolute atomic E-state index is 0.167. The molecule has 0 spiro atoms. The van der Waals surface area contributed by atoms with Gasteiger partial charge in [0, 0.05) is 11.8 Å². The van der Waals surface area contributed by atoms with Gasteiger partial charge in [0.15, 0.2) is 0 Å². The highest BCUT2D eigenvalue weighted by molar-refractivity contribution is 5.87. The molecule has 8 atom stereocenters. The summed E-state index contributed by atoms with van der Waals surface area (Å²) in [4.78, 5) is 12.4. The summed E-state index contributed by atoms with van der Waals surface area (Å²) in [7, 11) is 0. The molecule has 4 saturated carbocycles. The molecule has 0 bridgehead atoms. The van der Waals surface area contributed by atoms with Crippen LogP contribution >= 0.6 is 0 Å². The second kappa shape index (κ2) is 4.80. The molecule has 0 aromatic heterocycles. The van der Waals surface area contributed by atoms with Crippen molar-refractivity contribution in [3.8, 4) is 0 Å². The van der Waals surface area contributed by atoms with E-state index in [1.165, 1.54) is 0 Å². The fourth-order valence-corrected chi connectivity index (χ4v) is 6.97. The molecule has 0 radical (unpaired) electrons. The Kier molecular flexibility index (Phi) is 3.30. The summed E-state index contributed by atoms with van der Waals surface area (Å²) < 4.78 is 0. The van der Waals surface area contributed by atoms with Crippen molar-refractivity contribution in [2.45, 2.75) is 77.4 Å². The maximum atomic E-state index is 12.4. The minimum atomic E-state index is -0.274. The zero-order valence-electron chi connectivity index (χ0n) is 13.9. The van der Waals surface area contributed by atoms with Gasteiger partial charge in [0.25, 0.3) is 0 Å². The Morgan fingerprint density at radius 2 is 1.77 bits per heavy atom. The van der Waals surface area contributed by atoms with Gasteiger partial charge in [-0.05, 0) is 74.0 Å². The van der Waals surface area contributed by atoms with Crippen molar-refractivity contribution < 1.29 is 15.0 Å². The summed E-state index contributed by atoms with van der Waals surface area (Å²) in [5.41, 5.74) is 0.0929. The number of hydrogen-bond donors (Lipinski definition) is 2. The average Bonchev–Trinajstić information content (AvgIpc) is 2.77. The van der Waals surface area contributed by atoms with Crippen molar-refractivity contribution in [3.63, 3.8) is 0 Å². The molecule has 5 unspecified atom stereocenters. The molecule has 0 saturated heterocycles. The maximum absolute atomic E-state index is 12.4. The van der Waals surface area contributed by atoms with Crippen molar-refractivity contribution in [3.05, 3.63) is 0 Å². The third-order valence-corrected chi connectivity index (χ3v) is 8.36. The normalized spacial score (nSPS) is 57.9. The summed E-state index contributed by atoms with van der Waals surface area (Å²) in [6, 6.07) is 0. The quantitative estimate of drug-likeness (QED) is 0.723. The highest BCUT2D eigenvalue weighted by Crippen LogP contribution is 2.65. The first kappa shape index (κ1) is 15.1. The molecule has 4 aliphatic carbocycles. The van der Waals surface area contributed by atoms with E-state index in [-0.39, 0.29) is 23.0 Å². The standard InChI is InChI=1S/C19H30O3/c1-18-7-5-12(20)9-11(18)10-15(21)17-13-3-4-16(22)19(13,2)8-6-14(17)18/h11-15,17,20-21H,3-10H2,1-2H3/t11?,12-,13?,14?,15?,17?,18-,19-/m0/s1. The molecule has 0 amide bonds. The maximum Gasteiger partial charge on any atom is 0.139 e. The topological polar surface area (TPSA) is 57.5 Å². The monoisotopic (exact) mass is 306 g/mol. The summed E-state index contributed by atoms with van der Waals surface area (Å²) in [6.45, 7) is 4.57. The number of carbonyl (C=O) groups excluding carboxylic acids is 1. The Morgan fingerprint density at radius 1 is 1.00 bits per heavy atom. The molecule has 0 aromatic carbocycles. The van der Waals surface area contributed by atoms with Crippen LogP contribution in [0.4, 0.5) is 0 Å². The van der Waals surface area contributed by atoms with Crippen LogP contribution in [0.2, 0.25) is 0 Å². The van der Waals surface area contributed by atoms with Gasteiger partial charge in [-0.1, -0.05) is 13.8 Å². The Morgan fingerprint density at radius 3 is 2.55 bits per heavy atom. The van der Waals surface area contributed by atoms with E-state index >= 15 is 0 Å². The van der Waals surface area contributed by atoms with Crippen molar-refractivity contribution in [2.24, 2.45) is 34.5 Å². The van der Waals surface area contributed by atoms with E-state index in [4.69, 9.17) is 0 Å². The lowest BCUT2D eigenvalue weighted by molar-refractivity contribution is -0.171. The van der Waals surface area contributed by atoms with Gasteiger partial charge < -0.3 is 10.2 Å². The first-order valence-corrected chi connectivity index (χ1v) is 9.25. The second-order valence-electron chi connectivity index (χ2n) is 9.14. The van der Waals surface area contributed by atoms with Crippen LogP contribution in [0.25, 0.3) is 0 Å². The molecule has 0 aromatic rings. The number of rotatable bonds is 0. The molecular weight excluding hydrogens is 276 g/mol. The predicted molar refractivity (Wildman–Crippen MR) is 84.1 cm³/mol. The summed E-state index contributed by atoms with van der Waals surface area (Å²) in [5.74, 6) is 2.13. The van der Waals surface area contributed by atoms with Crippen LogP contribution in [0, 0.1) is 34.5 Å². The smallest absolute Gasteiger partial charge is 0.139 e. The van der Waals surface area contributed by atoms with Crippen molar-refractivity contribution in [1.82, 2.24) is 0 Å². The SMILES string of the molecule is C[C@]12CC[C@H](O)CC1CC(O)C1C2CC[C@]2(C)C(=O)CCC12. The highest BCUT2D eigenvalue weighted by atomic mass is 16.3. The first-order chi connectivity index (χ1) is 10.4. The van der Waals surface area contributed by atoms with Crippen LogP contribution in [0.5, 0.6) is 0 Å². The van der Waals surface area contributed by atoms with Gasteiger partial charge in [-0.25, -0.2) is 0 Å². The minimum Gasteiger partial charge on any atom is -0.393 e. The van der Waals surface area contributed by atoms with Gasteiger partial charge in [-0.15, -0.1) is 0 Å². The first-order valence-electron chi connectivity index (χ1n) is 9.25. The predicted octanol–water partition coefficient (Wildman–Crippen LogP) is 2.93. The molecule has 2 N–H and O–H groups in total. The summed E-state index contributed by atoms with van der Waals surface area (Å²) in [6.07, 6.45) is 7.03. The van der Waals surface area contributed by atoms with E-state index in [0.29, 0.717) is 29.5 Å². The van der Waals surface area contributed by atoms with Gasteiger partial charge in [-0.3, -0.25) is 4.79 Å². The van der Waals surface area contributed by atoms with Gasteiger partial charge in [0.05, 0.1) is 12.2 Å². The number of hydrogen-bond acceptors (Lipinski definition) is 3. The van der Waals surface area contributed by atoms with Gasteiger partial charge >= 0.3 is 0 Å². The van der Waals surface area contributed by atoms with Gasteiger partial charge in [0.2, 0.25) is 0 Å². The third kappa shape index (κ3) is 1.84. The molecule has 124 valence electrons. The van der Waals surface area contributed by atoms with E-state index in [1.54, 1.807) is 0 Å². The average molecular weight is 306 g/mol. The number of aliphatic hydroxyl groups is 2. The van der Waals surface area contributed by atoms with Crippen molar-refractivity contribution in [1.29, 1.82) is 0 Å². The largest absolute Gasteiger partial charge is 0.393 e. The lowest BCUT2D eigenvalue weighted by Crippen LogP contribution is -2.58. The lowest BCUT2D eigenvalue weighted by atomic mass is 9.44. The Balaban J connectivity index is 1.69. The Labute approximate surface area is 133 Å². The Bertz CT molecular complexity index is 489. The molecule has 4 aliphatic rings. The number of carbonyl (C=O) groups is 1. The van der Waals surface area contributed by atoms with Gasteiger partial charge in [-0.2, -0.15) is 0 Å². The fourth-order valence-electron chi connectivity index (χ4n) is 6.97. The fraction of sp³-hybridized carbons (Fsp3) is 0.947. The zero-order chi connectivity index (χ0) is 15.7. The molecule has 0 aliphatic heterocycles.